The van der Waals surface area contributed by atoms with Crippen molar-refractivity contribution in [1.82, 2.24) is 4.90 Å². The Labute approximate surface area is 340 Å². The molecule has 0 radical (unpaired) electrons. The quantitative estimate of drug-likeness (QED) is 0.234. The molecule has 4 rings (SSSR count). The topological polar surface area (TPSA) is 178 Å². The van der Waals surface area contributed by atoms with Crippen LogP contribution in [-0.2, 0) is 42.9 Å². The van der Waals surface area contributed by atoms with Crippen LogP contribution in [0.1, 0.15) is 126 Å². The first-order valence-electron chi connectivity index (χ1n) is 21.5. The number of hydrogen-bond donors (Lipinski definition) is 3. The molecule has 3 N–H and O–H groups in total. The summed E-state index contributed by atoms with van der Waals surface area (Å²) in [6.45, 7) is 13.1. The number of carbonyl (C=O) groups is 4. The molecule has 0 spiro atoms. The highest BCUT2D eigenvalue weighted by atomic mass is 16.7. The summed E-state index contributed by atoms with van der Waals surface area (Å²) >= 11 is 0. The Morgan fingerprint density at radius 3 is 2.18 bits per heavy atom. The number of aliphatic hydroxyl groups is 3. The molecule has 3 unspecified atom stereocenters. The van der Waals surface area contributed by atoms with E-state index in [-0.39, 0.29) is 61.4 Å². The molecule has 15 atom stereocenters. The number of methoxy groups -OCH3 is 3. The van der Waals surface area contributed by atoms with Crippen molar-refractivity contribution in [2.45, 2.75) is 180 Å². The van der Waals surface area contributed by atoms with Gasteiger partial charge in [0.05, 0.1) is 30.5 Å². The molecule has 2 saturated heterocycles. The fraction of sp³-hybridized carbons (Fsp3) is 0.864. The number of esters is 1. The van der Waals surface area contributed by atoms with Gasteiger partial charge in [0, 0.05) is 46.1 Å². The second kappa shape index (κ2) is 20.3. The van der Waals surface area contributed by atoms with Gasteiger partial charge in [0.2, 0.25) is 5.79 Å². The van der Waals surface area contributed by atoms with Gasteiger partial charge in [-0.1, -0.05) is 47.6 Å². The molecule has 13 heteroatoms. The number of fused-ring (bicyclic) bond motifs is 3. The highest BCUT2D eigenvalue weighted by Crippen LogP contribution is 2.41. The zero-order valence-corrected chi connectivity index (χ0v) is 36.2. The maximum absolute atomic E-state index is 14.6. The van der Waals surface area contributed by atoms with E-state index in [2.05, 4.69) is 6.92 Å². The fourth-order valence-corrected chi connectivity index (χ4v) is 10.2. The van der Waals surface area contributed by atoms with Crippen LogP contribution >= 0.6 is 0 Å². The van der Waals surface area contributed by atoms with Crippen molar-refractivity contribution >= 4 is 23.4 Å². The molecule has 3 fully saturated rings. The van der Waals surface area contributed by atoms with Crippen LogP contribution in [0.4, 0.5) is 0 Å². The van der Waals surface area contributed by atoms with Crippen LogP contribution in [0.25, 0.3) is 0 Å². The van der Waals surface area contributed by atoms with Gasteiger partial charge >= 0.3 is 5.97 Å². The normalized spacial score (nSPS) is 42.6. The molecule has 13 nitrogen and oxygen atoms in total. The minimum Gasteiger partial charge on any atom is -0.460 e. The zero-order chi connectivity index (χ0) is 42.4. The van der Waals surface area contributed by atoms with Crippen molar-refractivity contribution in [2.24, 2.45) is 35.5 Å². The highest BCUT2D eigenvalue weighted by Gasteiger charge is 2.58. The van der Waals surface area contributed by atoms with E-state index in [1.54, 1.807) is 27.9 Å². The summed E-state index contributed by atoms with van der Waals surface area (Å²) in [5.74, 6) is -7.15. The van der Waals surface area contributed by atoms with Crippen molar-refractivity contribution in [3.8, 4) is 0 Å². The molecule has 0 aromatic carbocycles. The number of cyclic esters (lactones) is 1. The summed E-state index contributed by atoms with van der Waals surface area (Å²) in [6, 6.07) is 0. The molecular formula is C44H73NO12. The highest BCUT2D eigenvalue weighted by molar-refractivity contribution is 6.39. The maximum Gasteiger partial charge on any atom is 0.332 e. The minimum atomic E-state index is -2.51. The Bertz CT molecular complexity index is 1420. The second-order valence-corrected chi connectivity index (χ2v) is 18.2. The van der Waals surface area contributed by atoms with E-state index < -0.39 is 77.4 Å². The lowest BCUT2D eigenvalue weighted by Gasteiger charge is -2.48. The monoisotopic (exact) mass is 808 g/mol. The predicted molar refractivity (Wildman–Crippen MR) is 213 cm³/mol. The Hall–Kier alpha value is -2.26. The van der Waals surface area contributed by atoms with Gasteiger partial charge in [-0.3, -0.25) is 14.4 Å². The number of carbonyl (C=O) groups excluding carboxylic acids is 4. The van der Waals surface area contributed by atoms with Gasteiger partial charge in [0.15, 0.2) is 5.78 Å². The van der Waals surface area contributed by atoms with Gasteiger partial charge in [-0.05, 0) is 107 Å². The lowest BCUT2D eigenvalue weighted by atomic mass is 9.76. The van der Waals surface area contributed by atoms with Gasteiger partial charge in [-0.15, -0.1) is 0 Å². The van der Waals surface area contributed by atoms with Crippen molar-refractivity contribution in [3.05, 3.63) is 11.6 Å². The van der Waals surface area contributed by atoms with Crippen molar-refractivity contribution < 1.29 is 58.2 Å². The standard InChI is InChI=1S/C44H73NO12/c1-11-31-19-25(2)18-26(3)20-36(54-9)39-37(55-10)22-28(5)44(52,57-39)40(49)41(50)45-17-13-12-16-43(45,7)42(51)56-38(29(6)33(47)24-34(31)48)27(4)21-30-14-15-32(46)35(23-30)53-8/h19,25-30,32-33,35-39,46-47,52H,11-18,20-24H2,1-10H3/b31-19+/t25?,26-,27?,28+,29+,30?,32+,33-,35+,36-,37-,38+,39+,43-,44+/m0/s1. The molecule has 1 aliphatic carbocycles. The number of nitrogens with zero attached hydrogens (tertiary/aromatic N) is 1. The van der Waals surface area contributed by atoms with E-state index in [4.69, 9.17) is 23.7 Å². The Kier molecular flexibility index (Phi) is 16.9. The molecular weight excluding hydrogens is 734 g/mol. The molecule has 326 valence electrons. The molecule has 0 aromatic heterocycles. The van der Waals surface area contributed by atoms with Gasteiger partial charge in [-0.2, -0.15) is 0 Å². The zero-order valence-electron chi connectivity index (χ0n) is 36.2. The van der Waals surface area contributed by atoms with E-state index in [0.717, 1.165) is 6.42 Å². The third kappa shape index (κ3) is 10.7. The fourth-order valence-electron chi connectivity index (χ4n) is 10.2. The predicted octanol–water partition coefficient (Wildman–Crippen LogP) is 4.94. The number of allylic oxidation sites excluding steroid dienone is 2. The molecule has 1 saturated carbocycles. The summed E-state index contributed by atoms with van der Waals surface area (Å²) in [5, 5.41) is 34.3. The average Bonchev–Trinajstić information content (AvgIpc) is 3.18. The van der Waals surface area contributed by atoms with Crippen molar-refractivity contribution in [1.29, 1.82) is 0 Å². The number of ether oxygens (including phenoxy) is 5. The van der Waals surface area contributed by atoms with E-state index in [1.807, 2.05) is 26.8 Å². The van der Waals surface area contributed by atoms with Crippen LogP contribution < -0.4 is 0 Å². The average molecular weight is 808 g/mol. The van der Waals surface area contributed by atoms with Crippen molar-refractivity contribution in [2.75, 3.05) is 27.9 Å². The van der Waals surface area contributed by atoms with E-state index in [0.29, 0.717) is 56.9 Å². The smallest absolute Gasteiger partial charge is 0.332 e. The summed E-state index contributed by atoms with van der Waals surface area (Å²) in [6.07, 6.45) is 2.73. The summed E-state index contributed by atoms with van der Waals surface area (Å²) in [7, 11) is 4.66. The van der Waals surface area contributed by atoms with E-state index >= 15 is 0 Å². The lowest BCUT2D eigenvalue weighted by molar-refractivity contribution is -0.302. The third-order valence-electron chi connectivity index (χ3n) is 13.8. The van der Waals surface area contributed by atoms with Gasteiger partial charge in [0.25, 0.3) is 11.7 Å². The number of amides is 1. The maximum atomic E-state index is 14.6. The van der Waals surface area contributed by atoms with Gasteiger partial charge in [0.1, 0.15) is 17.7 Å². The largest absolute Gasteiger partial charge is 0.460 e. The first-order valence-corrected chi connectivity index (χ1v) is 21.5. The third-order valence-corrected chi connectivity index (χ3v) is 13.8. The second-order valence-electron chi connectivity index (χ2n) is 18.2. The van der Waals surface area contributed by atoms with Crippen LogP contribution in [0, 0.1) is 35.5 Å². The number of Topliss-reactive ketones (excluding diaryl/α,β-unsaturated/α-hetero) is 2. The van der Waals surface area contributed by atoms with Gasteiger partial charge < -0.3 is 43.9 Å². The summed E-state index contributed by atoms with van der Waals surface area (Å²) in [5.41, 5.74) is -0.945. The van der Waals surface area contributed by atoms with Crippen molar-refractivity contribution in [3.63, 3.8) is 0 Å². The SMILES string of the molecule is CC/C1=C\C(C)C[C@H](C)C[C@H](OC)[C@H]2O[C@@](O)(C(=O)C(=O)N3CCCC[C@@]3(C)C(=O)O[C@H](C(C)CC3CC[C@@H](O)[C@H](OC)C3)[C@H](C)[C@@H](O)CC1=O)[C@H](C)C[C@@H]2OC. The van der Waals surface area contributed by atoms with Gasteiger partial charge in [-0.25, -0.2) is 4.79 Å². The first-order chi connectivity index (χ1) is 26.8. The minimum absolute atomic E-state index is 0.00136. The summed E-state index contributed by atoms with van der Waals surface area (Å²) in [4.78, 5) is 58.4. The molecule has 1 amide bonds. The number of aliphatic hydroxyl groups excluding tert-OH is 2. The molecule has 57 heavy (non-hydrogen) atoms. The number of piperidine rings is 1. The van der Waals surface area contributed by atoms with Crippen LogP contribution in [-0.4, -0.2) is 126 Å². The van der Waals surface area contributed by atoms with Crippen LogP contribution in [0.2, 0.25) is 0 Å². The van der Waals surface area contributed by atoms with E-state index in [9.17, 15) is 34.5 Å². The first kappa shape index (κ1) is 47.4. The molecule has 2 bridgehead atoms. The number of rotatable bonds is 7. The summed E-state index contributed by atoms with van der Waals surface area (Å²) < 4.78 is 30.0. The van der Waals surface area contributed by atoms with E-state index in [1.165, 1.54) is 19.1 Å². The number of ketones is 2. The lowest BCUT2D eigenvalue weighted by Crippen LogP contribution is -2.66. The van der Waals surface area contributed by atoms with Crippen LogP contribution in [0.5, 0.6) is 0 Å². The van der Waals surface area contributed by atoms with Crippen LogP contribution in [0.15, 0.2) is 11.6 Å². The molecule has 4 aliphatic rings. The Morgan fingerprint density at radius 1 is 0.895 bits per heavy atom. The Balaban J connectivity index is 1.77. The molecule has 3 heterocycles. The molecule has 0 aromatic rings. The van der Waals surface area contributed by atoms with Crippen LogP contribution in [0.3, 0.4) is 0 Å². The number of hydrogen-bond acceptors (Lipinski definition) is 12. The molecule has 3 aliphatic heterocycles. The Morgan fingerprint density at radius 2 is 1.54 bits per heavy atom.